The van der Waals surface area contributed by atoms with Crippen LogP contribution in [-0.2, 0) is 6.54 Å². The molecule has 0 radical (unpaired) electrons. The first-order valence-corrected chi connectivity index (χ1v) is 9.23. The minimum absolute atomic E-state index is 0. The van der Waals surface area contributed by atoms with E-state index in [0.717, 1.165) is 18.2 Å². The second-order valence-electron chi connectivity index (χ2n) is 7.64. The van der Waals surface area contributed by atoms with Crippen LogP contribution in [0.4, 0.5) is 11.4 Å². The molecule has 4 heteroatoms. The Hall–Kier alpha value is -2.02. The van der Waals surface area contributed by atoms with E-state index in [-0.39, 0.29) is 12.4 Å². The molecule has 0 saturated heterocycles. The summed E-state index contributed by atoms with van der Waals surface area (Å²) in [6, 6.07) is 16.9. The van der Waals surface area contributed by atoms with E-state index in [2.05, 4.69) is 48.0 Å². The molecular formula is C22H26ClN3. The Bertz CT molecular complexity index is 805. The molecule has 1 unspecified atom stereocenters. The quantitative estimate of drug-likeness (QED) is 0.755. The van der Waals surface area contributed by atoms with E-state index in [0.29, 0.717) is 11.5 Å². The average molecular weight is 368 g/mol. The number of anilines is 2. The van der Waals surface area contributed by atoms with Crippen LogP contribution in [0.5, 0.6) is 0 Å². The smallest absolute Gasteiger partial charge is 0.0991 e. The van der Waals surface area contributed by atoms with Crippen LogP contribution in [0, 0.1) is 17.2 Å². The van der Waals surface area contributed by atoms with Crippen LogP contribution in [0.2, 0.25) is 0 Å². The highest BCUT2D eigenvalue weighted by Crippen LogP contribution is 2.36. The van der Waals surface area contributed by atoms with E-state index in [1.54, 1.807) is 0 Å². The maximum absolute atomic E-state index is 8.96. The molecule has 0 N–H and O–H groups in total. The molecule has 0 amide bonds. The first-order valence-electron chi connectivity index (χ1n) is 9.23. The van der Waals surface area contributed by atoms with Crippen LogP contribution in [0.1, 0.15) is 42.4 Å². The minimum atomic E-state index is 0. The number of halogens is 1. The number of hydrogen-bond donors (Lipinski definition) is 0. The Morgan fingerprint density at radius 3 is 2.46 bits per heavy atom. The van der Waals surface area contributed by atoms with Gasteiger partial charge in [-0.2, -0.15) is 5.26 Å². The van der Waals surface area contributed by atoms with Crippen molar-refractivity contribution in [3.8, 4) is 6.07 Å². The van der Waals surface area contributed by atoms with E-state index in [4.69, 9.17) is 5.26 Å². The van der Waals surface area contributed by atoms with Crippen molar-refractivity contribution >= 4 is 23.8 Å². The number of benzene rings is 2. The van der Waals surface area contributed by atoms with Gasteiger partial charge in [0.2, 0.25) is 0 Å². The number of fused-ring (bicyclic) bond motifs is 1. The van der Waals surface area contributed by atoms with Crippen LogP contribution in [0.15, 0.2) is 42.5 Å². The first kappa shape index (κ1) is 18.8. The number of hydrogen-bond acceptors (Lipinski definition) is 3. The normalized spacial score (nSPS) is 19.2. The SMILES string of the molecule is CC1CN(CC2CC2)Cc2cc(N(C)c3ccc(C#N)cc3)ccc21.Cl. The number of nitriles is 1. The summed E-state index contributed by atoms with van der Waals surface area (Å²) in [5.74, 6) is 1.55. The zero-order valence-electron chi connectivity index (χ0n) is 15.5. The summed E-state index contributed by atoms with van der Waals surface area (Å²) in [6.45, 7) is 5.88. The summed E-state index contributed by atoms with van der Waals surface area (Å²) in [6.07, 6.45) is 2.83. The Balaban J connectivity index is 0.00000196. The molecule has 2 aliphatic rings. The van der Waals surface area contributed by atoms with Crippen molar-refractivity contribution in [3.05, 3.63) is 59.2 Å². The lowest BCUT2D eigenvalue weighted by Crippen LogP contribution is -2.34. The van der Waals surface area contributed by atoms with Gasteiger partial charge >= 0.3 is 0 Å². The Labute approximate surface area is 162 Å². The van der Waals surface area contributed by atoms with E-state index in [1.165, 1.54) is 42.7 Å². The molecule has 1 saturated carbocycles. The largest absolute Gasteiger partial charge is 0.345 e. The van der Waals surface area contributed by atoms with Gasteiger partial charge in [-0.25, -0.2) is 0 Å². The highest BCUT2D eigenvalue weighted by Gasteiger charge is 2.28. The molecule has 136 valence electrons. The molecule has 2 aromatic rings. The molecule has 1 heterocycles. The highest BCUT2D eigenvalue weighted by molar-refractivity contribution is 5.85. The van der Waals surface area contributed by atoms with E-state index >= 15 is 0 Å². The van der Waals surface area contributed by atoms with Crippen molar-refractivity contribution in [2.45, 2.75) is 32.2 Å². The van der Waals surface area contributed by atoms with Gasteiger partial charge in [-0.3, -0.25) is 4.90 Å². The monoisotopic (exact) mass is 367 g/mol. The summed E-state index contributed by atoms with van der Waals surface area (Å²) in [5, 5.41) is 8.96. The first-order chi connectivity index (χ1) is 12.1. The van der Waals surface area contributed by atoms with Gasteiger partial charge in [-0.1, -0.05) is 13.0 Å². The molecule has 3 nitrogen and oxygen atoms in total. The van der Waals surface area contributed by atoms with Crippen molar-refractivity contribution < 1.29 is 0 Å². The summed E-state index contributed by atoms with van der Waals surface area (Å²) in [5.41, 5.74) is 6.00. The zero-order chi connectivity index (χ0) is 17.4. The maximum atomic E-state index is 8.96. The maximum Gasteiger partial charge on any atom is 0.0991 e. The molecule has 4 rings (SSSR count). The topological polar surface area (TPSA) is 30.3 Å². The van der Waals surface area contributed by atoms with Crippen LogP contribution >= 0.6 is 12.4 Å². The van der Waals surface area contributed by atoms with Crippen LogP contribution in [-0.4, -0.2) is 25.0 Å². The van der Waals surface area contributed by atoms with Crippen LogP contribution in [0.3, 0.4) is 0 Å². The zero-order valence-corrected chi connectivity index (χ0v) is 16.3. The van der Waals surface area contributed by atoms with Crippen molar-refractivity contribution in [2.75, 3.05) is 25.0 Å². The molecule has 1 aliphatic heterocycles. The minimum Gasteiger partial charge on any atom is -0.345 e. The lowest BCUT2D eigenvalue weighted by molar-refractivity contribution is 0.226. The van der Waals surface area contributed by atoms with Gasteiger partial charge in [0.15, 0.2) is 0 Å². The summed E-state index contributed by atoms with van der Waals surface area (Å²) in [4.78, 5) is 4.84. The molecule has 1 fully saturated rings. The highest BCUT2D eigenvalue weighted by atomic mass is 35.5. The fraction of sp³-hybridized carbons (Fsp3) is 0.409. The van der Waals surface area contributed by atoms with Gasteiger partial charge in [-0.05, 0) is 72.2 Å². The van der Waals surface area contributed by atoms with Crippen molar-refractivity contribution in [1.82, 2.24) is 4.90 Å². The lowest BCUT2D eigenvalue weighted by atomic mass is 9.90. The third-order valence-electron chi connectivity index (χ3n) is 5.57. The Kier molecular flexibility index (Phi) is 5.55. The molecule has 2 aromatic carbocycles. The van der Waals surface area contributed by atoms with Gasteiger partial charge < -0.3 is 4.90 Å². The number of nitrogens with zero attached hydrogens (tertiary/aromatic N) is 3. The second-order valence-corrected chi connectivity index (χ2v) is 7.64. The van der Waals surface area contributed by atoms with Crippen molar-refractivity contribution in [2.24, 2.45) is 5.92 Å². The molecule has 26 heavy (non-hydrogen) atoms. The second kappa shape index (κ2) is 7.70. The fourth-order valence-electron chi connectivity index (χ4n) is 3.92. The van der Waals surface area contributed by atoms with Gasteiger partial charge in [-0.15, -0.1) is 12.4 Å². The van der Waals surface area contributed by atoms with E-state index in [9.17, 15) is 0 Å². The standard InChI is InChI=1S/C22H25N3.ClH/c1-16-13-25(14-18-3-4-18)15-19-11-21(9-10-22(16)19)24(2)20-7-5-17(12-23)6-8-20;/h5-11,16,18H,3-4,13-15H2,1-2H3;1H. The summed E-state index contributed by atoms with van der Waals surface area (Å²) in [7, 11) is 2.09. The van der Waals surface area contributed by atoms with Crippen LogP contribution in [0.25, 0.3) is 0 Å². The third-order valence-corrected chi connectivity index (χ3v) is 5.57. The summed E-state index contributed by atoms with van der Waals surface area (Å²) < 4.78 is 0. The summed E-state index contributed by atoms with van der Waals surface area (Å²) >= 11 is 0. The molecule has 1 aliphatic carbocycles. The third kappa shape index (κ3) is 3.87. The number of rotatable bonds is 4. The van der Waals surface area contributed by atoms with Gasteiger partial charge in [0, 0.05) is 38.1 Å². The predicted molar refractivity (Wildman–Crippen MR) is 109 cm³/mol. The molecule has 0 spiro atoms. The van der Waals surface area contributed by atoms with Crippen LogP contribution < -0.4 is 4.90 Å². The molecule has 1 atom stereocenters. The van der Waals surface area contributed by atoms with E-state index in [1.807, 2.05) is 24.3 Å². The van der Waals surface area contributed by atoms with Gasteiger partial charge in [0.1, 0.15) is 0 Å². The molecular weight excluding hydrogens is 342 g/mol. The van der Waals surface area contributed by atoms with Crippen molar-refractivity contribution in [3.63, 3.8) is 0 Å². The predicted octanol–water partition coefficient (Wildman–Crippen LogP) is 5.08. The van der Waals surface area contributed by atoms with E-state index < -0.39 is 0 Å². The van der Waals surface area contributed by atoms with Gasteiger partial charge in [0.25, 0.3) is 0 Å². The average Bonchev–Trinajstić information content (AvgIpc) is 3.44. The lowest BCUT2D eigenvalue weighted by Gasteiger charge is -2.34. The Morgan fingerprint density at radius 2 is 1.81 bits per heavy atom. The Morgan fingerprint density at radius 1 is 1.12 bits per heavy atom. The molecule has 0 aromatic heterocycles. The van der Waals surface area contributed by atoms with Gasteiger partial charge in [0.05, 0.1) is 11.6 Å². The molecule has 0 bridgehead atoms. The van der Waals surface area contributed by atoms with Crippen molar-refractivity contribution in [1.29, 1.82) is 5.26 Å². The fourth-order valence-corrected chi connectivity index (χ4v) is 3.92.